The number of thioether (sulfide) groups is 1. The number of carbonyl (C=O) groups is 1. The predicted octanol–water partition coefficient (Wildman–Crippen LogP) is 2.72. The van der Waals surface area contributed by atoms with Crippen molar-refractivity contribution in [3.63, 3.8) is 0 Å². The van der Waals surface area contributed by atoms with E-state index in [1.807, 2.05) is 42.7 Å². The topological polar surface area (TPSA) is 75.3 Å². The van der Waals surface area contributed by atoms with Gasteiger partial charge in [-0.05, 0) is 35.4 Å². The Balaban J connectivity index is 2.16. The van der Waals surface area contributed by atoms with Crippen molar-refractivity contribution in [3.8, 4) is 0 Å². The van der Waals surface area contributed by atoms with Gasteiger partial charge in [0.25, 0.3) is 0 Å². The van der Waals surface area contributed by atoms with E-state index in [9.17, 15) is 9.90 Å². The van der Waals surface area contributed by atoms with Crippen molar-refractivity contribution in [2.75, 3.05) is 17.7 Å². The number of carboxylic acid groups (broad SMARTS) is 1. The standard InChI is InChI=1S/C16H20N2O2S/c1-21-9-8-15(16(19)20)18-10-11-6-7-14(17)13-5-3-2-4-12(11)13/h2-7,15,18H,8-10,17H2,1H3,(H,19,20)/t15-/m0/s1. The van der Waals surface area contributed by atoms with Crippen LogP contribution >= 0.6 is 11.8 Å². The van der Waals surface area contributed by atoms with Crippen molar-refractivity contribution in [3.05, 3.63) is 42.0 Å². The number of hydrogen-bond acceptors (Lipinski definition) is 4. The van der Waals surface area contributed by atoms with E-state index < -0.39 is 12.0 Å². The van der Waals surface area contributed by atoms with E-state index in [0.717, 1.165) is 27.8 Å². The maximum absolute atomic E-state index is 11.3. The van der Waals surface area contributed by atoms with Crippen molar-refractivity contribution in [1.82, 2.24) is 5.32 Å². The van der Waals surface area contributed by atoms with Crippen LogP contribution in [0.3, 0.4) is 0 Å². The highest BCUT2D eigenvalue weighted by atomic mass is 32.2. The zero-order chi connectivity index (χ0) is 15.2. The van der Waals surface area contributed by atoms with E-state index in [1.54, 1.807) is 11.8 Å². The first-order valence-corrected chi connectivity index (χ1v) is 8.24. The average molecular weight is 304 g/mol. The van der Waals surface area contributed by atoms with Crippen LogP contribution in [0.4, 0.5) is 5.69 Å². The van der Waals surface area contributed by atoms with Gasteiger partial charge < -0.3 is 16.2 Å². The lowest BCUT2D eigenvalue weighted by atomic mass is 10.0. The largest absolute Gasteiger partial charge is 0.480 e. The molecule has 0 saturated heterocycles. The molecule has 2 rings (SSSR count). The molecule has 0 amide bonds. The van der Waals surface area contributed by atoms with Gasteiger partial charge in [0.1, 0.15) is 6.04 Å². The number of rotatable bonds is 7. The first-order chi connectivity index (χ1) is 10.1. The molecule has 0 aliphatic rings. The summed E-state index contributed by atoms with van der Waals surface area (Å²) in [4.78, 5) is 11.3. The second-order valence-electron chi connectivity index (χ2n) is 4.91. The minimum absolute atomic E-state index is 0.520. The monoisotopic (exact) mass is 304 g/mol. The Morgan fingerprint density at radius 3 is 2.67 bits per heavy atom. The highest BCUT2D eigenvalue weighted by molar-refractivity contribution is 7.98. The summed E-state index contributed by atoms with van der Waals surface area (Å²) in [5, 5.41) is 14.4. The van der Waals surface area contributed by atoms with Crippen LogP contribution in [-0.2, 0) is 11.3 Å². The van der Waals surface area contributed by atoms with Crippen LogP contribution in [0.25, 0.3) is 10.8 Å². The van der Waals surface area contributed by atoms with Gasteiger partial charge in [-0.25, -0.2) is 0 Å². The quantitative estimate of drug-likeness (QED) is 0.686. The number of carboxylic acids is 1. The van der Waals surface area contributed by atoms with Crippen molar-refractivity contribution in [1.29, 1.82) is 0 Å². The average Bonchev–Trinajstić information content (AvgIpc) is 2.49. The Kier molecular flexibility index (Phi) is 5.47. The number of fused-ring (bicyclic) bond motifs is 1. The number of nitrogen functional groups attached to an aromatic ring is 1. The maximum atomic E-state index is 11.3. The van der Waals surface area contributed by atoms with Crippen molar-refractivity contribution < 1.29 is 9.90 Å². The number of anilines is 1. The van der Waals surface area contributed by atoms with Crippen LogP contribution in [0.2, 0.25) is 0 Å². The molecule has 0 bridgehead atoms. The van der Waals surface area contributed by atoms with Gasteiger partial charge in [0.15, 0.2) is 0 Å². The fraction of sp³-hybridized carbons (Fsp3) is 0.312. The van der Waals surface area contributed by atoms with E-state index in [0.29, 0.717) is 13.0 Å². The van der Waals surface area contributed by atoms with Gasteiger partial charge in [0, 0.05) is 17.6 Å². The third-order valence-corrected chi connectivity index (χ3v) is 4.14. The van der Waals surface area contributed by atoms with Crippen molar-refractivity contribution in [2.45, 2.75) is 19.0 Å². The van der Waals surface area contributed by atoms with Gasteiger partial charge in [-0.2, -0.15) is 11.8 Å². The lowest BCUT2D eigenvalue weighted by Gasteiger charge is -2.15. The smallest absolute Gasteiger partial charge is 0.320 e. The molecule has 0 aliphatic heterocycles. The summed E-state index contributed by atoms with van der Waals surface area (Å²) in [6.07, 6.45) is 2.59. The molecular formula is C16H20N2O2S. The molecule has 0 aliphatic carbocycles. The SMILES string of the molecule is CSCC[C@H](NCc1ccc(N)c2ccccc12)C(=O)O. The van der Waals surface area contributed by atoms with E-state index in [-0.39, 0.29) is 0 Å². The Morgan fingerprint density at radius 2 is 2.00 bits per heavy atom. The fourth-order valence-electron chi connectivity index (χ4n) is 2.32. The molecule has 0 radical (unpaired) electrons. The van der Waals surface area contributed by atoms with E-state index in [4.69, 9.17) is 5.73 Å². The Morgan fingerprint density at radius 1 is 1.29 bits per heavy atom. The second-order valence-corrected chi connectivity index (χ2v) is 5.90. The molecule has 0 aromatic heterocycles. The molecule has 0 spiro atoms. The highest BCUT2D eigenvalue weighted by Gasteiger charge is 2.16. The molecule has 112 valence electrons. The molecular weight excluding hydrogens is 284 g/mol. The third kappa shape index (κ3) is 3.89. The van der Waals surface area contributed by atoms with Gasteiger partial charge >= 0.3 is 5.97 Å². The first-order valence-electron chi connectivity index (χ1n) is 6.84. The molecule has 4 N–H and O–H groups in total. The first kappa shape index (κ1) is 15.7. The second kappa shape index (κ2) is 7.33. The Hall–Kier alpha value is -1.72. The zero-order valence-corrected chi connectivity index (χ0v) is 12.8. The normalized spacial score (nSPS) is 12.4. The molecule has 4 nitrogen and oxygen atoms in total. The van der Waals surface area contributed by atoms with Crippen LogP contribution < -0.4 is 11.1 Å². The molecule has 21 heavy (non-hydrogen) atoms. The zero-order valence-electron chi connectivity index (χ0n) is 12.0. The minimum Gasteiger partial charge on any atom is -0.480 e. The number of nitrogens with one attached hydrogen (secondary N) is 1. The summed E-state index contributed by atoms with van der Waals surface area (Å²) in [5.41, 5.74) is 7.78. The van der Waals surface area contributed by atoms with Crippen LogP contribution in [0, 0.1) is 0 Å². The molecule has 0 fully saturated rings. The van der Waals surface area contributed by atoms with Gasteiger partial charge in [0.2, 0.25) is 0 Å². The van der Waals surface area contributed by atoms with E-state index in [1.165, 1.54) is 0 Å². The minimum atomic E-state index is -0.802. The van der Waals surface area contributed by atoms with E-state index in [2.05, 4.69) is 5.32 Å². The maximum Gasteiger partial charge on any atom is 0.320 e. The van der Waals surface area contributed by atoms with Gasteiger partial charge in [-0.15, -0.1) is 0 Å². The summed E-state index contributed by atoms with van der Waals surface area (Å²) < 4.78 is 0. The number of benzene rings is 2. The number of hydrogen-bond donors (Lipinski definition) is 3. The Bertz CT molecular complexity index is 631. The van der Waals surface area contributed by atoms with E-state index >= 15 is 0 Å². The van der Waals surface area contributed by atoms with Gasteiger partial charge in [-0.3, -0.25) is 4.79 Å². The molecule has 0 heterocycles. The molecule has 2 aromatic rings. The van der Waals surface area contributed by atoms with Gasteiger partial charge in [0.05, 0.1) is 0 Å². The molecule has 1 atom stereocenters. The lowest BCUT2D eigenvalue weighted by molar-refractivity contribution is -0.139. The lowest BCUT2D eigenvalue weighted by Crippen LogP contribution is -2.36. The summed E-state index contributed by atoms with van der Waals surface area (Å²) in [5.74, 6) is 0.0238. The fourth-order valence-corrected chi connectivity index (χ4v) is 2.79. The third-order valence-electron chi connectivity index (χ3n) is 3.50. The summed E-state index contributed by atoms with van der Waals surface area (Å²) in [6.45, 7) is 0.520. The van der Waals surface area contributed by atoms with Crippen LogP contribution in [0.5, 0.6) is 0 Å². The van der Waals surface area contributed by atoms with Crippen LogP contribution in [0.1, 0.15) is 12.0 Å². The van der Waals surface area contributed by atoms with Crippen molar-refractivity contribution >= 4 is 34.2 Å². The van der Waals surface area contributed by atoms with Crippen LogP contribution in [-0.4, -0.2) is 29.1 Å². The highest BCUT2D eigenvalue weighted by Crippen LogP contribution is 2.24. The summed E-state index contributed by atoms with van der Waals surface area (Å²) >= 11 is 1.65. The Labute approximate surface area is 128 Å². The molecule has 0 unspecified atom stereocenters. The predicted molar refractivity (Wildman–Crippen MR) is 89.6 cm³/mol. The summed E-state index contributed by atoms with van der Waals surface area (Å²) in [6, 6.07) is 11.2. The van der Waals surface area contributed by atoms with Crippen LogP contribution in [0.15, 0.2) is 36.4 Å². The van der Waals surface area contributed by atoms with Crippen molar-refractivity contribution in [2.24, 2.45) is 0 Å². The molecule has 5 heteroatoms. The number of aliphatic carboxylic acids is 1. The molecule has 0 saturated carbocycles. The number of nitrogens with two attached hydrogens (primary N) is 1. The summed E-state index contributed by atoms with van der Waals surface area (Å²) in [7, 11) is 0. The molecule has 2 aromatic carbocycles. The van der Waals surface area contributed by atoms with Gasteiger partial charge in [-0.1, -0.05) is 30.3 Å².